The van der Waals surface area contributed by atoms with Crippen LogP contribution in [0.4, 0.5) is 4.79 Å². The van der Waals surface area contributed by atoms with Crippen LogP contribution in [0.3, 0.4) is 0 Å². The molecule has 1 fully saturated rings. The zero-order valence-corrected chi connectivity index (χ0v) is 19.2. The Morgan fingerprint density at radius 2 is 1.76 bits per heavy atom. The number of carbonyl (C=O) groups excluding carboxylic acids is 2. The molecule has 2 unspecified atom stereocenters. The van der Waals surface area contributed by atoms with E-state index in [0.717, 1.165) is 22.3 Å². The lowest BCUT2D eigenvalue weighted by Crippen LogP contribution is -2.61. The van der Waals surface area contributed by atoms with E-state index in [4.69, 9.17) is 14.6 Å². The molecule has 1 aliphatic heterocycles. The number of nitrogens with one attached hydrogen (secondary N) is 2. The fraction of sp³-hybridized carbons (Fsp3) is 0.423. The fourth-order valence-electron chi connectivity index (χ4n) is 4.73. The van der Waals surface area contributed by atoms with E-state index in [0.29, 0.717) is 25.9 Å². The van der Waals surface area contributed by atoms with Gasteiger partial charge in [-0.05, 0) is 35.1 Å². The van der Waals surface area contributed by atoms with Crippen LogP contribution in [0.15, 0.2) is 48.5 Å². The molecule has 0 saturated carbocycles. The molecule has 1 heterocycles. The van der Waals surface area contributed by atoms with Crippen molar-refractivity contribution in [1.29, 1.82) is 0 Å². The molecule has 8 nitrogen and oxygen atoms in total. The van der Waals surface area contributed by atoms with Crippen molar-refractivity contribution in [3.8, 4) is 11.1 Å². The Bertz CT molecular complexity index is 1020. The van der Waals surface area contributed by atoms with Crippen molar-refractivity contribution in [1.82, 2.24) is 10.6 Å². The number of fused-ring (bicyclic) bond motifs is 3. The van der Waals surface area contributed by atoms with Gasteiger partial charge in [-0.3, -0.25) is 9.59 Å². The van der Waals surface area contributed by atoms with Crippen molar-refractivity contribution in [2.45, 2.75) is 50.1 Å². The van der Waals surface area contributed by atoms with E-state index < -0.39 is 17.6 Å². The summed E-state index contributed by atoms with van der Waals surface area (Å²) in [5.74, 6) is -1.37. The zero-order valence-electron chi connectivity index (χ0n) is 19.2. The largest absolute Gasteiger partial charge is 0.481 e. The van der Waals surface area contributed by atoms with Gasteiger partial charge in [0.2, 0.25) is 5.91 Å². The van der Waals surface area contributed by atoms with Crippen LogP contribution in [0.25, 0.3) is 11.1 Å². The highest BCUT2D eigenvalue weighted by Crippen LogP contribution is 2.44. The molecular weight excluding hydrogens is 436 g/mol. The minimum atomic E-state index is -1.24. The SMILES string of the molecule is CCC(CCC(=O)O)NC(=O)C1(NC(=O)OCC2c3ccccc3-c3ccccc32)CCOC1. The first kappa shape index (κ1) is 23.8. The van der Waals surface area contributed by atoms with E-state index in [1.54, 1.807) is 0 Å². The molecule has 2 aromatic rings. The highest BCUT2D eigenvalue weighted by atomic mass is 16.6. The fourth-order valence-corrected chi connectivity index (χ4v) is 4.73. The lowest BCUT2D eigenvalue weighted by molar-refractivity contribution is -0.137. The van der Waals surface area contributed by atoms with Crippen LogP contribution in [-0.4, -0.2) is 54.5 Å². The lowest BCUT2D eigenvalue weighted by atomic mass is 9.96. The summed E-state index contributed by atoms with van der Waals surface area (Å²) in [6.45, 7) is 2.40. The average Bonchev–Trinajstić information content (AvgIpc) is 3.44. The number of hydrogen-bond acceptors (Lipinski definition) is 5. The second-order valence-electron chi connectivity index (χ2n) is 8.85. The van der Waals surface area contributed by atoms with Gasteiger partial charge in [-0.2, -0.15) is 0 Å². The predicted octanol–water partition coefficient (Wildman–Crippen LogP) is 3.44. The van der Waals surface area contributed by atoms with Crippen molar-refractivity contribution in [3.63, 3.8) is 0 Å². The van der Waals surface area contributed by atoms with Gasteiger partial charge >= 0.3 is 12.1 Å². The van der Waals surface area contributed by atoms with Crippen molar-refractivity contribution < 1.29 is 29.0 Å². The first-order valence-corrected chi connectivity index (χ1v) is 11.7. The molecule has 8 heteroatoms. The molecule has 0 aromatic heterocycles. The van der Waals surface area contributed by atoms with Gasteiger partial charge in [0.15, 0.2) is 0 Å². The summed E-state index contributed by atoms with van der Waals surface area (Å²) in [4.78, 5) is 36.8. The monoisotopic (exact) mass is 466 g/mol. The lowest BCUT2D eigenvalue weighted by Gasteiger charge is -2.29. The molecule has 0 spiro atoms. The smallest absolute Gasteiger partial charge is 0.408 e. The number of amides is 2. The maximum atomic E-state index is 13.1. The number of rotatable bonds is 9. The summed E-state index contributed by atoms with van der Waals surface area (Å²) in [6, 6.07) is 15.9. The normalized spacial score (nSPS) is 19.7. The molecule has 0 bridgehead atoms. The Kier molecular flexibility index (Phi) is 7.17. The molecule has 4 rings (SSSR count). The van der Waals surface area contributed by atoms with Gasteiger partial charge < -0.3 is 25.2 Å². The molecule has 1 saturated heterocycles. The Balaban J connectivity index is 1.41. The third-order valence-corrected chi connectivity index (χ3v) is 6.68. The Hall–Kier alpha value is -3.39. The van der Waals surface area contributed by atoms with Crippen LogP contribution in [0.2, 0.25) is 0 Å². The highest BCUT2D eigenvalue weighted by molar-refractivity contribution is 5.90. The van der Waals surface area contributed by atoms with E-state index in [2.05, 4.69) is 22.8 Å². The minimum absolute atomic E-state index is 0.0396. The summed E-state index contributed by atoms with van der Waals surface area (Å²) in [5, 5.41) is 14.6. The number of alkyl carbamates (subject to hydrolysis) is 1. The molecule has 2 aliphatic rings. The van der Waals surface area contributed by atoms with E-state index in [1.807, 2.05) is 43.3 Å². The third kappa shape index (κ3) is 4.92. The number of ether oxygens (including phenoxy) is 2. The number of benzene rings is 2. The topological polar surface area (TPSA) is 114 Å². The van der Waals surface area contributed by atoms with Gasteiger partial charge in [0, 0.05) is 31.4 Å². The molecule has 2 atom stereocenters. The van der Waals surface area contributed by atoms with Gasteiger partial charge in [0.1, 0.15) is 12.1 Å². The van der Waals surface area contributed by atoms with E-state index in [9.17, 15) is 14.4 Å². The Labute approximate surface area is 198 Å². The van der Waals surface area contributed by atoms with Gasteiger partial charge in [-0.1, -0.05) is 55.5 Å². The van der Waals surface area contributed by atoms with E-state index in [-0.39, 0.29) is 37.5 Å². The summed E-state index contributed by atoms with van der Waals surface area (Å²) < 4.78 is 11.1. The van der Waals surface area contributed by atoms with Crippen molar-refractivity contribution >= 4 is 18.0 Å². The number of carboxylic acids is 1. The molecule has 34 heavy (non-hydrogen) atoms. The van der Waals surface area contributed by atoms with Crippen LogP contribution in [0.5, 0.6) is 0 Å². The maximum Gasteiger partial charge on any atom is 0.408 e. The zero-order chi connectivity index (χ0) is 24.1. The molecule has 3 N–H and O–H groups in total. The van der Waals surface area contributed by atoms with Crippen molar-refractivity contribution in [3.05, 3.63) is 59.7 Å². The van der Waals surface area contributed by atoms with Crippen LogP contribution < -0.4 is 10.6 Å². The Morgan fingerprint density at radius 3 is 2.32 bits per heavy atom. The average molecular weight is 467 g/mol. The van der Waals surface area contributed by atoms with Crippen LogP contribution >= 0.6 is 0 Å². The molecule has 2 aromatic carbocycles. The highest BCUT2D eigenvalue weighted by Gasteiger charge is 2.45. The summed E-state index contributed by atoms with van der Waals surface area (Å²) >= 11 is 0. The molecule has 0 radical (unpaired) electrons. The second-order valence-corrected chi connectivity index (χ2v) is 8.85. The molecule has 180 valence electrons. The minimum Gasteiger partial charge on any atom is -0.481 e. The third-order valence-electron chi connectivity index (χ3n) is 6.68. The second kappa shape index (κ2) is 10.3. The van der Waals surface area contributed by atoms with E-state index in [1.165, 1.54) is 0 Å². The van der Waals surface area contributed by atoms with Crippen LogP contribution in [0.1, 0.15) is 49.7 Å². The first-order chi connectivity index (χ1) is 16.4. The van der Waals surface area contributed by atoms with Gasteiger partial charge in [0.05, 0.1) is 6.61 Å². The van der Waals surface area contributed by atoms with Gasteiger partial charge in [-0.15, -0.1) is 0 Å². The molecule has 2 amide bonds. The van der Waals surface area contributed by atoms with Crippen LogP contribution in [-0.2, 0) is 19.1 Å². The number of carboxylic acid groups (broad SMARTS) is 1. The van der Waals surface area contributed by atoms with Crippen LogP contribution in [0, 0.1) is 0 Å². The predicted molar refractivity (Wildman–Crippen MR) is 125 cm³/mol. The summed E-state index contributed by atoms with van der Waals surface area (Å²) in [6.07, 6.45) is 0.502. The number of hydrogen-bond donors (Lipinski definition) is 3. The quantitative estimate of drug-likeness (QED) is 0.522. The first-order valence-electron chi connectivity index (χ1n) is 11.7. The summed E-state index contributed by atoms with van der Waals surface area (Å²) in [7, 11) is 0. The maximum absolute atomic E-state index is 13.1. The van der Waals surface area contributed by atoms with Crippen molar-refractivity contribution in [2.75, 3.05) is 19.8 Å². The van der Waals surface area contributed by atoms with E-state index >= 15 is 0 Å². The number of aliphatic carboxylic acids is 1. The summed E-state index contributed by atoms with van der Waals surface area (Å²) in [5.41, 5.74) is 3.26. The Morgan fingerprint density at radius 1 is 1.12 bits per heavy atom. The van der Waals surface area contributed by atoms with Gasteiger partial charge in [0.25, 0.3) is 0 Å². The van der Waals surface area contributed by atoms with Gasteiger partial charge in [-0.25, -0.2) is 4.79 Å². The van der Waals surface area contributed by atoms with Crippen molar-refractivity contribution in [2.24, 2.45) is 0 Å². The molecular formula is C26H30N2O6. The molecule has 1 aliphatic carbocycles. The number of carbonyl (C=O) groups is 3. The standard InChI is InChI=1S/C26H30N2O6/c1-2-17(11-12-23(29)30)27-24(31)26(13-14-33-16-26)28-25(32)34-15-22-20-9-5-3-7-18(20)19-8-4-6-10-21(19)22/h3-10,17,22H,2,11-16H2,1H3,(H,27,31)(H,28,32)(H,29,30).